The van der Waals surface area contributed by atoms with E-state index >= 15 is 0 Å². The molecule has 0 unspecified atom stereocenters. The van der Waals surface area contributed by atoms with Gasteiger partial charge < -0.3 is 10.3 Å². The lowest BCUT2D eigenvalue weighted by Crippen LogP contribution is -1.94. The average Bonchev–Trinajstić information content (AvgIpc) is 2.46. The van der Waals surface area contributed by atoms with E-state index in [9.17, 15) is 10.1 Å². The average molecular weight is 193 g/mol. The van der Waals surface area contributed by atoms with Gasteiger partial charge in [-0.3, -0.25) is 10.1 Å². The van der Waals surface area contributed by atoms with Gasteiger partial charge in [0, 0.05) is 12.1 Å². The van der Waals surface area contributed by atoms with Crippen LogP contribution in [0.25, 0.3) is 11.0 Å². The number of nitrogens with zero attached hydrogens (tertiary/aromatic N) is 2. The number of fused-ring (bicyclic) bond motifs is 1. The maximum atomic E-state index is 10.6. The van der Waals surface area contributed by atoms with E-state index in [1.807, 2.05) is 0 Å². The summed E-state index contributed by atoms with van der Waals surface area (Å²) < 4.78 is 4.91. The van der Waals surface area contributed by atoms with Gasteiger partial charge in [-0.15, -0.1) is 0 Å². The van der Waals surface area contributed by atoms with Crippen LogP contribution in [0.4, 0.5) is 11.4 Å². The molecule has 1 aromatic heterocycles. The minimum atomic E-state index is -0.527. The quantitative estimate of drug-likeness (QED) is 0.421. The van der Waals surface area contributed by atoms with Crippen LogP contribution < -0.4 is 5.73 Å². The summed E-state index contributed by atoms with van der Waals surface area (Å²) in [6, 6.07) is 2.78. The molecule has 0 aliphatic rings. The van der Waals surface area contributed by atoms with E-state index in [2.05, 4.69) is 5.16 Å². The molecule has 72 valence electrons. The molecular formula is C8H7N3O3. The third kappa shape index (κ3) is 1.08. The number of nitro groups is 1. The summed E-state index contributed by atoms with van der Waals surface area (Å²) in [5.74, 6) is 0. The Balaban J connectivity index is 2.80. The highest BCUT2D eigenvalue weighted by atomic mass is 16.6. The number of rotatable bonds is 1. The lowest BCUT2D eigenvalue weighted by atomic mass is 10.2. The van der Waals surface area contributed by atoms with E-state index in [0.29, 0.717) is 16.7 Å². The van der Waals surface area contributed by atoms with Crippen molar-refractivity contribution in [2.24, 2.45) is 0 Å². The van der Waals surface area contributed by atoms with Crippen molar-refractivity contribution in [1.82, 2.24) is 5.16 Å². The predicted molar refractivity (Wildman–Crippen MR) is 49.8 cm³/mol. The number of aromatic nitrogens is 1. The normalized spacial score (nSPS) is 10.6. The molecule has 0 atom stereocenters. The molecule has 0 amide bonds. The first kappa shape index (κ1) is 8.49. The summed E-state index contributed by atoms with van der Waals surface area (Å²) >= 11 is 0. The Labute approximate surface area is 78.4 Å². The Bertz CT molecular complexity index is 518. The van der Waals surface area contributed by atoms with Gasteiger partial charge in [-0.25, -0.2) is 0 Å². The van der Waals surface area contributed by atoms with Crippen LogP contribution >= 0.6 is 0 Å². The summed E-state index contributed by atoms with van der Waals surface area (Å²) in [6.07, 6.45) is 0. The molecule has 0 saturated heterocycles. The first-order valence-electron chi connectivity index (χ1n) is 3.89. The number of benzene rings is 1. The van der Waals surface area contributed by atoms with Crippen molar-refractivity contribution in [3.63, 3.8) is 0 Å². The standard InChI is InChI=1S/C8H7N3O3/c1-4-5-2-7(11(12)13)6(9)3-8(5)14-10-4/h2-3H,9H2,1H3. The van der Waals surface area contributed by atoms with Crippen molar-refractivity contribution in [2.45, 2.75) is 6.92 Å². The molecule has 0 aliphatic heterocycles. The number of aryl methyl sites for hydroxylation is 1. The minimum absolute atomic E-state index is 0.0821. The fourth-order valence-electron chi connectivity index (χ4n) is 1.27. The second-order valence-electron chi connectivity index (χ2n) is 2.93. The van der Waals surface area contributed by atoms with Gasteiger partial charge >= 0.3 is 0 Å². The van der Waals surface area contributed by atoms with Crippen molar-refractivity contribution in [3.05, 3.63) is 27.9 Å². The Morgan fingerprint density at radius 2 is 2.29 bits per heavy atom. The maximum absolute atomic E-state index is 10.6. The number of nitro benzene ring substituents is 1. The van der Waals surface area contributed by atoms with Gasteiger partial charge in [-0.1, -0.05) is 5.16 Å². The SMILES string of the molecule is Cc1noc2cc(N)c([N+](=O)[O-])cc12. The van der Waals surface area contributed by atoms with Gasteiger partial charge in [0.1, 0.15) is 5.69 Å². The highest BCUT2D eigenvalue weighted by molar-refractivity contribution is 5.86. The van der Waals surface area contributed by atoms with Crippen LogP contribution in [0, 0.1) is 17.0 Å². The van der Waals surface area contributed by atoms with Crippen molar-refractivity contribution in [1.29, 1.82) is 0 Å². The predicted octanol–water partition coefficient (Wildman–Crippen LogP) is 1.63. The third-order valence-electron chi connectivity index (χ3n) is 2.00. The molecule has 1 aromatic carbocycles. The molecule has 1 heterocycles. The molecule has 0 bridgehead atoms. The topological polar surface area (TPSA) is 95.2 Å². The largest absolute Gasteiger partial charge is 0.393 e. The summed E-state index contributed by atoms with van der Waals surface area (Å²) in [4.78, 5) is 10.0. The zero-order valence-electron chi connectivity index (χ0n) is 7.35. The van der Waals surface area contributed by atoms with E-state index < -0.39 is 4.92 Å². The second-order valence-corrected chi connectivity index (χ2v) is 2.93. The molecule has 2 aromatic rings. The molecule has 0 fully saturated rings. The molecule has 2 N–H and O–H groups in total. The zero-order valence-corrected chi connectivity index (χ0v) is 7.35. The van der Waals surface area contributed by atoms with Crippen molar-refractivity contribution in [3.8, 4) is 0 Å². The first-order chi connectivity index (χ1) is 6.59. The van der Waals surface area contributed by atoms with Gasteiger partial charge in [0.2, 0.25) is 0 Å². The van der Waals surface area contributed by atoms with E-state index in [1.165, 1.54) is 12.1 Å². The molecule has 6 nitrogen and oxygen atoms in total. The fraction of sp³-hybridized carbons (Fsp3) is 0.125. The van der Waals surface area contributed by atoms with E-state index in [4.69, 9.17) is 10.3 Å². The van der Waals surface area contributed by atoms with Crippen LogP contribution in [0.2, 0.25) is 0 Å². The van der Waals surface area contributed by atoms with Crippen LogP contribution in [0.1, 0.15) is 5.69 Å². The third-order valence-corrected chi connectivity index (χ3v) is 2.00. The molecule has 0 spiro atoms. The monoisotopic (exact) mass is 193 g/mol. The molecule has 6 heteroatoms. The summed E-state index contributed by atoms with van der Waals surface area (Å²) in [6.45, 7) is 1.71. The van der Waals surface area contributed by atoms with Crippen LogP contribution in [-0.4, -0.2) is 10.1 Å². The number of hydrogen-bond acceptors (Lipinski definition) is 5. The van der Waals surface area contributed by atoms with Crippen molar-refractivity contribution in [2.75, 3.05) is 5.73 Å². The summed E-state index contributed by atoms with van der Waals surface area (Å²) in [5, 5.41) is 14.9. The highest BCUT2D eigenvalue weighted by Crippen LogP contribution is 2.29. The second kappa shape index (κ2) is 2.69. The van der Waals surface area contributed by atoms with E-state index in [1.54, 1.807) is 6.92 Å². The van der Waals surface area contributed by atoms with Crippen LogP contribution in [0.5, 0.6) is 0 Å². The van der Waals surface area contributed by atoms with Gasteiger partial charge in [0.05, 0.1) is 16.0 Å². The smallest absolute Gasteiger partial charge is 0.293 e. The minimum Gasteiger partial charge on any atom is -0.393 e. The van der Waals surface area contributed by atoms with E-state index in [-0.39, 0.29) is 11.4 Å². The van der Waals surface area contributed by atoms with Gasteiger partial charge in [0.25, 0.3) is 5.69 Å². The first-order valence-corrected chi connectivity index (χ1v) is 3.89. The van der Waals surface area contributed by atoms with Crippen molar-refractivity contribution < 1.29 is 9.45 Å². The van der Waals surface area contributed by atoms with Gasteiger partial charge in [-0.05, 0) is 6.92 Å². The molecule has 0 aliphatic carbocycles. The van der Waals surface area contributed by atoms with E-state index in [0.717, 1.165) is 0 Å². The summed E-state index contributed by atoms with van der Waals surface area (Å²) in [7, 11) is 0. The van der Waals surface area contributed by atoms with Crippen molar-refractivity contribution >= 4 is 22.3 Å². The number of anilines is 1. The number of nitrogens with two attached hydrogens (primary N) is 1. The highest BCUT2D eigenvalue weighted by Gasteiger charge is 2.15. The van der Waals surface area contributed by atoms with Gasteiger partial charge in [0.15, 0.2) is 5.58 Å². The van der Waals surface area contributed by atoms with Crippen LogP contribution in [-0.2, 0) is 0 Å². The number of nitrogen functional groups attached to an aromatic ring is 1. The van der Waals surface area contributed by atoms with Gasteiger partial charge in [-0.2, -0.15) is 0 Å². The molecule has 0 radical (unpaired) electrons. The molecular weight excluding hydrogens is 186 g/mol. The van der Waals surface area contributed by atoms with Crippen LogP contribution in [0.15, 0.2) is 16.7 Å². The number of hydrogen-bond donors (Lipinski definition) is 1. The summed E-state index contributed by atoms with van der Waals surface area (Å²) in [5.41, 5.74) is 6.51. The Morgan fingerprint density at radius 1 is 1.57 bits per heavy atom. The lowest BCUT2D eigenvalue weighted by Gasteiger charge is -1.95. The Hall–Kier alpha value is -2.11. The maximum Gasteiger partial charge on any atom is 0.293 e. The van der Waals surface area contributed by atoms with Crippen LogP contribution in [0.3, 0.4) is 0 Å². The lowest BCUT2D eigenvalue weighted by molar-refractivity contribution is -0.383. The Morgan fingerprint density at radius 3 is 2.93 bits per heavy atom. The Kier molecular flexibility index (Phi) is 1.63. The molecule has 14 heavy (non-hydrogen) atoms. The fourth-order valence-corrected chi connectivity index (χ4v) is 1.27. The molecule has 2 rings (SSSR count). The molecule has 0 saturated carbocycles. The zero-order chi connectivity index (χ0) is 10.3.